The summed E-state index contributed by atoms with van der Waals surface area (Å²) >= 11 is 0. The average molecular weight is 256 g/mol. The molecule has 2 rings (SSSR count). The number of hydrogen-bond acceptors (Lipinski definition) is 3. The molecule has 3 heteroatoms. The van der Waals surface area contributed by atoms with Crippen molar-refractivity contribution in [2.24, 2.45) is 5.73 Å². The molecule has 2 N–H and O–H groups in total. The highest BCUT2D eigenvalue weighted by Gasteiger charge is 2.10. The molecule has 0 aliphatic carbocycles. The maximum absolute atomic E-state index is 6.26. The molecule has 0 aromatic heterocycles. The predicted octanol–water partition coefficient (Wildman–Crippen LogP) is 2.83. The van der Waals surface area contributed by atoms with Gasteiger partial charge in [-0.2, -0.15) is 0 Å². The predicted molar refractivity (Wildman–Crippen MR) is 79.6 cm³/mol. The number of hydrogen-bond donors (Lipinski definition) is 1. The van der Waals surface area contributed by atoms with Crippen LogP contribution >= 0.6 is 0 Å². The normalized spacial score (nSPS) is 11.9. The summed E-state index contributed by atoms with van der Waals surface area (Å²) in [6.45, 7) is 0.761. The van der Waals surface area contributed by atoms with Crippen LogP contribution in [0.25, 0.3) is 0 Å². The van der Waals surface area contributed by atoms with Crippen molar-refractivity contribution in [2.75, 3.05) is 25.6 Å². The summed E-state index contributed by atoms with van der Waals surface area (Å²) in [5.74, 6) is 0.843. The van der Waals surface area contributed by atoms with Crippen molar-refractivity contribution in [1.82, 2.24) is 0 Å². The fourth-order valence-corrected chi connectivity index (χ4v) is 2.06. The lowest BCUT2D eigenvalue weighted by Crippen LogP contribution is -2.28. The lowest BCUT2D eigenvalue weighted by molar-refractivity contribution is 0.414. The van der Waals surface area contributed by atoms with Gasteiger partial charge in [0.15, 0.2) is 0 Å². The fraction of sp³-hybridized carbons (Fsp3) is 0.250. The first-order valence-corrected chi connectivity index (χ1v) is 6.36. The van der Waals surface area contributed by atoms with Crippen LogP contribution in [0.15, 0.2) is 54.6 Å². The number of anilines is 1. The van der Waals surface area contributed by atoms with E-state index in [1.807, 2.05) is 42.5 Å². The molecular formula is C16H20N2O. The van der Waals surface area contributed by atoms with Gasteiger partial charge in [-0.05, 0) is 29.8 Å². The molecule has 0 saturated heterocycles. The molecular weight excluding hydrogens is 236 g/mol. The second-order valence-corrected chi connectivity index (χ2v) is 4.60. The number of benzene rings is 2. The third kappa shape index (κ3) is 3.48. The Labute approximate surface area is 114 Å². The van der Waals surface area contributed by atoms with E-state index in [-0.39, 0.29) is 6.04 Å². The smallest absolute Gasteiger partial charge is 0.119 e. The van der Waals surface area contributed by atoms with E-state index in [9.17, 15) is 0 Å². The van der Waals surface area contributed by atoms with Crippen LogP contribution in [0.3, 0.4) is 0 Å². The molecule has 0 fully saturated rings. The van der Waals surface area contributed by atoms with Gasteiger partial charge in [-0.25, -0.2) is 0 Å². The zero-order valence-corrected chi connectivity index (χ0v) is 11.4. The first-order valence-electron chi connectivity index (χ1n) is 6.36. The Balaban J connectivity index is 2.06. The summed E-state index contributed by atoms with van der Waals surface area (Å²) in [6.07, 6.45) is 0. The molecule has 0 spiro atoms. The van der Waals surface area contributed by atoms with Gasteiger partial charge >= 0.3 is 0 Å². The molecule has 3 nitrogen and oxygen atoms in total. The van der Waals surface area contributed by atoms with Gasteiger partial charge < -0.3 is 15.4 Å². The summed E-state index contributed by atoms with van der Waals surface area (Å²) < 4.78 is 5.23. The highest BCUT2D eigenvalue weighted by atomic mass is 16.5. The van der Waals surface area contributed by atoms with Gasteiger partial charge in [0.05, 0.1) is 7.11 Å². The Morgan fingerprint density at radius 1 is 1.11 bits per heavy atom. The maximum Gasteiger partial charge on any atom is 0.119 e. The van der Waals surface area contributed by atoms with E-state index in [0.29, 0.717) is 0 Å². The first-order chi connectivity index (χ1) is 9.20. The summed E-state index contributed by atoms with van der Waals surface area (Å²) in [7, 11) is 3.72. The zero-order valence-electron chi connectivity index (χ0n) is 11.4. The number of methoxy groups -OCH3 is 1. The van der Waals surface area contributed by atoms with Crippen LogP contribution in [-0.4, -0.2) is 20.7 Å². The second kappa shape index (κ2) is 6.25. The number of nitrogens with two attached hydrogens (primary N) is 1. The molecule has 19 heavy (non-hydrogen) atoms. The van der Waals surface area contributed by atoms with Gasteiger partial charge in [0.25, 0.3) is 0 Å². The minimum Gasteiger partial charge on any atom is -0.497 e. The standard InChI is InChI=1S/C16H20N2O/c1-18(14-8-4-3-5-9-14)12-16(17)13-7-6-10-15(11-13)19-2/h3-11,16H,12,17H2,1-2H3. The largest absolute Gasteiger partial charge is 0.497 e. The van der Waals surface area contributed by atoms with Crippen LogP contribution in [0, 0.1) is 0 Å². The third-order valence-corrected chi connectivity index (χ3v) is 3.19. The van der Waals surface area contributed by atoms with Crippen LogP contribution in [0.2, 0.25) is 0 Å². The van der Waals surface area contributed by atoms with Crippen molar-refractivity contribution < 1.29 is 4.74 Å². The Bertz CT molecular complexity index is 513. The lowest BCUT2D eigenvalue weighted by Gasteiger charge is -2.23. The van der Waals surface area contributed by atoms with E-state index >= 15 is 0 Å². The minimum atomic E-state index is -0.0414. The number of para-hydroxylation sites is 1. The first kappa shape index (κ1) is 13.4. The molecule has 2 aromatic rings. The van der Waals surface area contributed by atoms with E-state index in [2.05, 4.69) is 24.1 Å². The van der Waals surface area contributed by atoms with Crippen molar-refractivity contribution in [3.05, 3.63) is 60.2 Å². The zero-order chi connectivity index (χ0) is 13.7. The molecule has 0 bridgehead atoms. The number of likely N-dealkylation sites (N-methyl/N-ethyl adjacent to an activating group) is 1. The van der Waals surface area contributed by atoms with E-state index in [4.69, 9.17) is 10.5 Å². The van der Waals surface area contributed by atoms with E-state index < -0.39 is 0 Å². The van der Waals surface area contributed by atoms with E-state index in [0.717, 1.165) is 17.9 Å². The van der Waals surface area contributed by atoms with Gasteiger partial charge in [0.1, 0.15) is 5.75 Å². The molecule has 0 amide bonds. The molecule has 0 aliphatic rings. The van der Waals surface area contributed by atoms with Crippen molar-refractivity contribution in [2.45, 2.75) is 6.04 Å². The van der Waals surface area contributed by atoms with Crippen LogP contribution in [0.4, 0.5) is 5.69 Å². The van der Waals surface area contributed by atoms with Crippen LogP contribution < -0.4 is 15.4 Å². The molecule has 100 valence electrons. The third-order valence-electron chi connectivity index (χ3n) is 3.19. The highest BCUT2D eigenvalue weighted by molar-refractivity contribution is 5.45. The summed E-state index contributed by atoms with van der Waals surface area (Å²) in [4.78, 5) is 2.16. The topological polar surface area (TPSA) is 38.5 Å². The van der Waals surface area contributed by atoms with Crippen LogP contribution in [-0.2, 0) is 0 Å². The van der Waals surface area contributed by atoms with Crippen LogP contribution in [0.5, 0.6) is 5.75 Å². The molecule has 1 atom stereocenters. The Morgan fingerprint density at radius 2 is 1.84 bits per heavy atom. The SMILES string of the molecule is COc1cccc(C(N)CN(C)c2ccccc2)c1. The Morgan fingerprint density at radius 3 is 2.53 bits per heavy atom. The number of rotatable bonds is 5. The summed E-state index contributed by atoms with van der Waals surface area (Å²) in [5.41, 5.74) is 8.51. The van der Waals surface area contributed by atoms with E-state index in [1.165, 1.54) is 5.69 Å². The second-order valence-electron chi connectivity index (χ2n) is 4.60. The lowest BCUT2D eigenvalue weighted by atomic mass is 10.1. The quantitative estimate of drug-likeness (QED) is 0.894. The molecule has 0 saturated carbocycles. The summed E-state index contributed by atoms with van der Waals surface area (Å²) in [5, 5.41) is 0. The van der Waals surface area contributed by atoms with Gasteiger partial charge in [-0.1, -0.05) is 30.3 Å². The summed E-state index contributed by atoms with van der Waals surface area (Å²) in [6, 6.07) is 18.1. The van der Waals surface area contributed by atoms with Gasteiger partial charge in [0, 0.05) is 25.3 Å². The average Bonchev–Trinajstić information content (AvgIpc) is 2.48. The van der Waals surface area contributed by atoms with Crippen LogP contribution in [0.1, 0.15) is 11.6 Å². The monoisotopic (exact) mass is 256 g/mol. The van der Waals surface area contributed by atoms with Gasteiger partial charge in [-0.15, -0.1) is 0 Å². The van der Waals surface area contributed by atoms with Crippen molar-refractivity contribution >= 4 is 5.69 Å². The molecule has 0 radical (unpaired) electrons. The molecule has 2 aromatic carbocycles. The van der Waals surface area contributed by atoms with Gasteiger partial charge in [0.2, 0.25) is 0 Å². The Hall–Kier alpha value is -2.00. The minimum absolute atomic E-state index is 0.0414. The fourth-order valence-electron chi connectivity index (χ4n) is 2.06. The number of ether oxygens (including phenoxy) is 1. The molecule has 1 unspecified atom stereocenters. The highest BCUT2D eigenvalue weighted by Crippen LogP contribution is 2.20. The van der Waals surface area contributed by atoms with Crippen molar-refractivity contribution in [1.29, 1.82) is 0 Å². The van der Waals surface area contributed by atoms with Crippen molar-refractivity contribution in [3.8, 4) is 5.75 Å². The molecule has 0 aliphatic heterocycles. The maximum atomic E-state index is 6.26. The molecule has 0 heterocycles. The van der Waals surface area contributed by atoms with Gasteiger partial charge in [-0.3, -0.25) is 0 Å². The van der Waals surface area contributed by atoms with E-state index in [1.54, 1.807) is 7.11 Å². The number of nitrogens with zero attached hydrogens (tertiary/aromatic N) is 1. The van der Waals surface area contributed by atoms with Crippen molar-refractivity contribution in [3.63, 3.8) is 0 Å². The Kier molecular flexibility index (Phi) is 4.42.